The molecule has 0 aromatic heterocycles. The Morgan fingerprint density at radius 3 is 2.21 bits per heavy atom. The molecule has 0 bridgehead atoms. The van der Waals surface area contributed by atoms with Gasteiger partial charge in [-0.1, -0.05) is 13.3 Å². The highest BCUT2D eigenvalue weighted by atomic mass is 19.4. The Hall–Kier alpha value is -1.92. The lowest BCUT2D eigenvalue weighted by Gasteiger charge is -2.15. The monoisotopic (exact) mass is 278 g/mol. The van der Waals surface area contributed by atoms with E-state index in [-0.39, 0.29) is 11.5 Å². The number of carboxylic acids is 1. The van der Waals surface area contributed by atoms with Gasteiger partial charge in [-0.15, -0.1) is 13.2 Å². The van der Waals surface area contributed by atoms with Crippen LogP contribution in [0.15, 0.2) is 24.3 Å². The van der Waals surface area contributed by atoms with Crippen molar-refractivity contribution in [3.8, 4) is 11.5 Å². The van der Waals surface area contributed by atoms with Gasteiger partial charge in [-0.2, -0.15) is 0 Å². The fourth-order valence-corrected chi connectivity index (χ4v) is 1.38. The minimum Gasteiger partial charge on any atom is -0.479 e. The van der Waals surface area contributed by atoms with Crippen molar-refractivity contribution in [3.05, 3.63) is 24.3 Å². The molecule has 1 unspecified atom stereocenters. The van der Waals surface area contributed by atoms with Crippen LogP contribution in [0.1, 0.15) is 19.8 Å². The standard InChI is InChI=1S/C12H13F3O4/c1-2-3-10(11(16)17)18-8-4-6-9(7-5-8)19-12(13,14)15/h4-7,10H,2-3H2,1H3,(H,16,17). The minimum atomic E-state index is -4.76. The largest absolute Gasteiger partial charge is 0.573 e. The van der Waals surface area contributed by atoms with Gasteiger partial charge in [0, 0.05) is 0 Å². The van der Waals surface area contributed by atoms with Gasteiger partial charge < -0.3 is 14.6 Å². The summed E-state index contributed by atoms with van der Waals surface area (Å²) in [6.45, 7) is 1.81. The normalized spacial score (nSPS) is 12.8. The third kappa shape index (κ3) is 5.50. The molecule has 19 heavy (non-hydrogen) atoms. The molecule has 4 nitrogen and oxygen atoms in total. The van der Waals surface area contributed by atoms with Gasteiger partial charge in [-0.3, -0.25) is 0 Å². The molecule has 0 radical (unpaired) electrons. The van der Waals surface area contributed by atoms with E-state index in [2.05, 4.69) is 4.74 Å². The lowest BCUT2D eigenvalue weighted by Crippen LogP contribution is -2.26. The van der Waals surface area contributed by atoms with E-state index >= 15 is 0 Å². The van der Waals surface area contributed by atoms with Gasteiger partial charge in [0.15, 0.2) is 6.10 Å². The molecule has 1 aromatic carbocycles. The van der Waals surface area contributed by atoms with Gasteiger partial charge >= 0.3 is 12.3 Å². The smallest absolute Gasteiger partial charge is 0.479 e. The summed E-state index contributed by atoms with van der Waals surface area (Å²) in [5.41, 5.74) is 0. The highest BCUT2D eigenvalue weighted by molar-refractivity contribution is 5.72. The van der Waals surface area contributed by atoms with Crippen LogP contribution in [-0.2, 0) is 4.79 Å². The lowest BCUT2D eigenvalue weighted by molar-refractivity contribution is -0.274. The Morgan fingerprint density at radius 1 is 1.26 bits per heavy atom. The number of carboxylic acid groups (broad SMARTS) is 1. The first-order chi connectivity index (χ1) is 8.81. The van der Waals surface area contributed by atoms with Crippen molar-refractivity contribution in [2.24, 2.45) is 0 Å². The second-order valence-electron chi connectivity index (χ2n) is 3.75. The maximum atomic E-state index is 11.9. The molecule has 0 heterocycles. The number of rotatable bonds is 6. The molecule has 0 spiro atoms. The highest BCUT2D eigenvalue weighted by Crippen LogP contribution is 2.25. The fourth-order valence-electron chi connectivity index (χ4n) is 1.38. The maximum Gasteiger partial charge on any atom is 0.573 e. The van der Waals surface area contributed by atoms with E-state index in [9.17, 15) is 18.0 Å². The first-order valence-corrected chi connectivity index (χ1v) is 5.57. The molecule has 106 valence electrons. The molecule has 0 amide bonds. The zero-order chi connectivity index (χ0) is 14.5. The lowest BCUT2D eigenvalue weighted by atomic mass is 10.2. The molecule has 1 atom stereocenters. The fraction of sp³-hybridized carbons (Fsp3) is 0.417. The van der Waals surface area contributed by atoms with Crippen LogP contribution >= 0.6 is 0 Å². The highest BCUT2D eigenvalue weighted by Gasteiger charge is 2.31. The van der Waals surface area contributed by atoms with Crippen molar-refractivity contribution < 1.29 is 32.5 Å². The summed E-state index contributed by atoms with van der Waals surface area (Å²) >= 11 is 0. The second kappa shape index (κ2) is 6.31. The van der Waals surface area contributed by atoms with Crippen LogP contribution in [0.4, 0.5) is 13.2 Å². The van der Waals surface area contributed by atoms with E-state index in [0.29, 0.717) is 12.8 Å². The van der Waals surface area contributed by atoms with Gasteiger partial charge in [0.2, 0.25) is 0 Å². The van der Waals surface area contributed by atoms with Gasteiger partial charge in [0.05, 0.1) is 0 Å². The molecule has 0 aliphatic rings. The summed E-state index contributed by atoms with van der Waals surface area (Å²) in [6.07, 6.45) is -4.84. The quantitative estimate of drug-likeness (QED) is 0.868. The summed E-state index contributed by atoms with van der Waals surface area (Å²) in [4.78, 5) is 10.8. The van der Waals surface area contributed by atoms with E-state index in [1.807, 2.05) is 0 Å². The molecule has 1 rings (SSSR count). The predicted octanol–water partition coefficient (Wildman–Crippen LogP) is 3.22. The number of hydrogen-bond acceptors (Lipinski definition) is 3. The Kier molecular flexibility index (Phi) is 5.02. The molecular weight excluding hydrogens is 265 g/mol. The van der Waals surface area contributed by atoms with E-state index < -0.39 is 18.4 Å². The molecule has 0 saturated carbocycles. The summed E-state index contributed by atoms with van der Waals surface area (Å²) < 4.78 is 44.6. The van der Waals surface area contributed by atoms with Gasteiger partial charge in [-0.25, -0.2) is 4.79 Å². The summed E-state index contributed by atoms with van der Waals surface area (Å²) in [5, 5.41) is 8.87. The SMILES string of the molecule is CCCC(Oc1ccc(OC(F)(F)F)cc1)C(=O)O. The van der Waals surface area contributed by atoms with Crippen LogP contribution in [0.5, 0.6) is 11.5 Å². The molecular formula is C12H13F3O4. The summed E-state index contributed by atoms with van der Waals surface area (Å²) in [6, 6.07) is 4.58. The van der Waals surface area contributed by atoms with Crippen LogP contribution in [0.2, 0.25) is 0 Å². The van der Waals surface area contributed by atoms with Crippen LogP contribution in [0.3, 0.4) is 0 Å². The van der Waals surface area contributed by atoms with Gasteiger partial charge in [0.25, 0.3) is 0 Å². The van der Waals surface area contributed by atoms with Crippen LogP contribution in [-0.4, -0.2) is 23.5 Å². The Balaban J connectivity index is 2.68. The average Bonchev–Trinajstić information content (AvgIpc) is 2.29. The number of ether oxygens (including phenoxy) is 2. The third-order valence-electron chi connectivity index (χ3n) is 2.16. The Bertz CT molecular complexity index is 414. The molecule has 0 saturated heterocycles. The zero-order valence-electron chi connectivity index (χ0n) is 10.1. The van der Waals surface area contributed by atoms with E-state index in [4.69, 9.17) is 9.84 Å². The summed E-state index contributed by atoms with van der Waals surface area (Å²) in [5.74, 6) is -1.32. The molecule has 7 heteroatoms. The Morgan fingerprint density at radius 2 is 1.79 bits per heavy atom. The van der Waals surface area contributed by atoms with Crippen molar-refractivity contribution in [2.75, 3.05) is 0 Å². The summed E-state index contributed by atoms with van der Waals surface area (Å²) in [7, 11) is 0. The molecule has 0 aliphatic heterocycles. The maximum absolute atomic E-state index is 11.9. The first kappa shape index (κ1) is 15.1. The van der Waals surface area contributed by atoms with E-state index in [0.717, 1.165) is 12.1 Å². The van der Waals surface area contributed by atoms with E-state index in [1.165, 1.54) is 12.1 Å². The molecule has 1 aromatic rings. The molecule has 0 aliphatic carbocycles. The average molecular weight is 278 g/mol. The minimum absolute atomic E-state index is 0.176. The molecule has 0 fully saturated rings. The Labute approximate surface area is 107 Å². The first-order valence-electron chi connectivity index (χ1n) is 5.57. The third-order valence-corrected chi connectivity index (χ3v) is 2.16. The second-order valence-corrected chi connectivity index (χ2v) is 3.75. The van der Waals surface area contributed by atoms with Crippen molar-refractivity contribution in [3.63, 3.8) is 0 Å². The van der Waals surface area contributed by atoms with Crippen molar-refractivity contribution >= 4 is 5.97 Å². The number of carbonyl (C=O) groups is 1. The van der Waals surface area contributed by atoms with E-state index in [1.54, 1.807) is 6.92 Å². The number of hydrogen-bond donors (Lipinski definition) is 1. The predicted molar refractivity (Wildman–Crippen MR) is 60.1 cm³/mol. The van der Waals surface area contributed by atoms with Crippen molar-refractivity contribution in [1.29, 1.82) is 0 Å². The molecule has 1 N–H and O–H groups in total. The van der Waals surface area contributed by atoms with Crippen molar-refractivity contribution in [2.45, 2.75) is 32.2 Å². The topological polar surface area (TPSA) is 55.8 Å². The van der Waals surface area contributed by atoms with Crippen LogP contribution in [0, 0.1) is 0 Å². The number of alkyl halides is 3. The number of halogens is 3. The van der Waals surface area contributed by atoms with Crippen molar-refractivity contribution in [1.82, 2.24) is 0 Å². The number of aliphatic carboxylic acids is 1. The zero-order valence-corrected chi connectivity index (χ0v) is 10.1. The van der Waals surface area contributed by atoms with Gasteiger partial charge in [-0.05, 0) is 30.7 Å². The van der Waals surface area contributed by atoms with Crippen LogP contribution in [0.25, 0.3) is 0 Å². The van der Waals surface area contributed by atoms with Gasteiger partial charge in [0.1, 0.15) is 11.5 Å². The number of benzene rings is 1. The van der Waals surface area contributed by atoms with Crippen LogP contribution < -0.4 is 9.47 Å².